The molecule has 2 rings (SSSR count). The van der Waals surface area contributed by atoms with E-state index in [1.807, 2.05) is 36.4 Å². The van der Waals surface area contributed by atoms with Crippen LogP contribution in [0.2, 0.25) is 0 Å². The van der Waals surface area contributed by atoms with E-state index in [4.69, 9.17) is 9.47 Å². The lowest BCUT2D eigenvalue weighted by molar-refractivity contribution is -0.144. The maximum absolute atomic E-state index is 13.1. The Morgan fingerprint density at radius 2 is 0.796 bits per heavy atom. The number of hydrogen-bond donors (Lipinski definition) is 2. The first-order chi connectivity index (χ1) is 26.5. The first kappa shape index (κ1) is 47.2. The summed E-state index contributed by atoms with van der Waals surface area (Å²) in [6.45, 7) is 5.83. The van der Waals surface area contributed by atoms with Crippen LogP contribution in [-0.2, 0) is 19.1 Å². The Bertz CT molecular complexity index is 1220. The fourth-order valence-corrected chi connectivity index (χ4v) is 8.32. The highest BCUT2D eigenvalue weighted by Crippen LogP contribution is 2.40. The number of unbranched alkanes of at least 4 members (excludes halogenated alkanes) is 16. The molecule has 0 fully saturated rings. The normalized spacial score (nSPS) is 10.9. The van der Waals surface area contributed by atoms with Crippen molar-refractivity contribution in [2.75, 3.05) is 26.3 Å². The van der Waals surface area contributed by atoms with E-state index in [-0.39, 0.29) is 37.0 Å². The van der Waals surface area contributed by atoms with Gasteiger partial charge in [0, 0.05) is 35.7 Å². The Hall–Kier alpha value is -2.98. The van der Waals surface area contributed by atoms with E-state index in [1.165, 1.54) is 111 Å². The summed E-state index contributed by atoms with van der Waals surface area (Å²) in [5.74, 6) is -0.728. The van der Waals surface area contributed by atoms with Gasteiger partial charge in [0.25, 0.3) is 11.8 Å². The average Bonchev–Trinajstić information content (AvgIpc) is 3.18. The van der Waals surface area contributed by atoms with Crippen LogP contribution < -0.4 is 10.6 Å². The van der Waals surface area contributed by atoms with Crippen LogP contribution >= 0.6 is 21.6 Å². The number of hydrogen-bond acceptors (Lipinski definition) is 8. The lowest BCUT2D eigenvalue weighted by atomic mass is 10.1. The maximum Gasteiger partial charge on any atom is 0.305 e. The Morgan fingerprint density at radius 3 is 1.17 bits per heavy atom. The van der Waals surface area contributed by atoms with Crippen molar-refractivity contribution >= 4 is 45.3 Å². The molecule has 0 aromatic heterocycles. The molecular formula is C44H68N2O6S2. The van der Waals surface area contributed by atoms with Crippen LogP contribution in [0, 0.1) is 0 Å². The van der Waals surface area contributed by atoms with Gasteiger partial charge in [-0.3, -0.25) is 19.2 Å². The van der Waals surface area contributed by atoms with Gasteiger partial charge < -0.3 is 20.1 Å². The number of esters is 2. The first-order valence-electron chi connectivity index (χ1n) is 20.9. The number of amides is 2. The summed E-state index contributed by atoms with van der Waals surface area (Å²) in [6, 6.07) is 14.8. The summed E-state index contributed by atoms with van der Waals surface area (Å²) in [4.78, 5) is 51.9. The smallest absolute Gasteiger partial charge is 0.305 e. The highest BCUT2D eigenvalue weighted by molar-refractivity contribution is 8.76. The molecular weight excluding hydrogens is 717 g/mol. The lowest BCUT2D eigenvalue weighted by Crippen LogP contribution is -2.26. The van der Waals surface area contributed by atoms with Crippen LogP contribution in [0.4, 0.5) is 0 Å². The number of nitrogens with one attached hydrogen (secondary N) is 2. The molecule has 2 aromatic carbocycles. The zero-order valence-electron chi connectivity index (χ0n) is 33.3. The van der Waals surface area contributed by atoms with E-state index in [0.717, 1.165) is 35.5 Å². The zero-order chi connectivity index (χ0) is 38.9. The summed E-state index contributed by atoms with van der Waals surface area (Å²) >= 11 is 0. The van der Waals surface area contributed by atoms with Crippen LogP contribution in [0.3, 0.4) is 0 Å². The zero-order valence-corrected chi connectivity index (χ0v) is 34.9. The van der Waals surface area contributed by atoms with Crippen molar-refractivity contribution < 1.29 is 28.7 Å². The standard InChI is InChI=1S/C44H68N2O6S2/c1-3-5-7-9-11-13-15-17-19-31-41(47)51-35-25-33-45-43(49)37-27-21-23-29-39(37)53-54-40-30-24-22-28-38(40)44(50)46-34-26-36-52-42(48)32-20-18-16-14-12-10-8-6-4-2/h21-24,27-30H,3-20,25-26,31-36H2,1-2H3,(H,45,49)(H,46,50). The molecule has 0 aliphatic carbocycles. The number of benzene rings is 2. The SMILES string of the molecule is CCCCCCCCCCCC(=O)OCCCNC(=O)c1ccccc1SSc1ccccc1C(=O)NCCCOC(=O)CCCCCCCCCCC. The van der Waals surface area contributed by atoms with Gasteiger partial charge in [0.05, 0.1) is 24.3 Å². The number of carbonyl (C=O) groups is 4. The summed E-state index contributed by atoms with van der Waals surface area (Å²) in [7, 11) is 2.85. The van der Waals surface area contributed by atoms with E-state index < -0.39 is 0 Å². The molecule has 302 valence electrons. The first-order valence-corrected chi connectivity index (χ1v) is 23.0. The van der Waals surface area contributed by atoms with Crippen LogP contribution in [0.1, 0.15) is 176 Å². The second-order valence-corrected chi connectivity index (χ2v) is 16.2. The molecule has 8 nitrogen and oxygen atoms in total. The van der Waals surface area contributed by atoms with Gasteiger partial charge in [-0.25, -0.2) is 0 Å². The Kier molecular flexibility index (Phi) is 28.2. The molecule has 0 atom stereocenters. The third kappa shape index (κ3) is 23.1. The molecule has 0 radical (unpaired) electrons. The summed E-state index contributed by atoms with van der Waals surface area (Å²) in [5, 5.41) is 5.88. The third-order valence-electron chi connectivity index (χ3n) is 9.19. The summed E-state index contributed by atoms with van der Waals surface area (Å²) in [6.07, 6.45) is 23.7. The number of carbonyl (C=O) groups excluding carboxylic acids is 4. The van der Waals surface area contributed by atoms with Gasteiger partial charge in [0.15, 0.2) is 0 Å². The predicted octanol–water partition coefficient (Wildman–Crippen LogP) is 11.7. The van der Waals surface area contributed by atoms with E-state index >= 15 is 0 Å². The van der Waals surface area contributed by atoms with E-state index in [0.29, 0.717) is 49.9 Å². The van der Waals surface area contributed by atoms with Crippen molar-refractivity contribution in [3.05, 3.63) is 59.7 Å². The Labute approximate surface area is 334 Å². The predicted molar refractivity (Wildman–Crippen MR) is 224 cm³/mol. The molecule has 0 heterocycles. The van der Waals surface area contributed by atoms with Crippen LogP contribution in [0.25, 0.3) is 0 Å². The average molecular weight is 785 g/mol. The Balaban J connectivity index is 1.63. The van der Waals surface area contributed by atoms with Crippen molar-refractivity contribution in [1.82, 2.24) is 10.6 Å². The summed E-state index contributed by atoms with van der Waals surface area (Å²) < 4.78 is 10.7. The van der Waals surface area contributed by atoms with Gasteiger partial charge >= 0.3 is 11.9 Å². The van der Waals surface area contributed by atoms with Crippen molar-refractivity contribution in [3.63, 3.8) is 0 Å². The van der Waals surface area contributed by atoms with Gasteiger partial charge in [-0.2, -0.15) is 0 Å². The molecule has 54 heavy (non-hydrogen) atoms. The molecule has 2 amide bonds. The second kappa shape index (κ2) is 32.3. The highest BCUT2D eigenvalue weighted by atomic mass is 33.1. The fourth-order valence-electron chi connectivity index (χ4n) is 5.96. The van der Waals surface area contributed by atoms with Crippen LogP contribution in [-0.4, -0.2) is 50.1 Å². The molecule has 0 bridgehead atoms. The van der Waals surface area contributed by atoms with E-state index in [1.54, 1.807) is 12.1 Å². The minimum absolute atomic E-state index is 0.169. The molecule has 0 spiro atoms. The van der Waals surface area contributed by atoms with Crippen LogP contribution in [0.15, 0.2) is 58.3 Å². The molecule has 2 aromatic rings. The lowest BCUT2D eigenvalue weighted by Gasteiger charge is -2.12. The van der Waals surface area contributed by atoms with Gasteiger partial charge in [-0.05, 0) is 49.9 Å². The largest absolute Gasteiger partial charge is 0.466 e. The minimum atomic E-state index is -0.195. The Morgan fingerprint density at radius 1 is 0.463 bits per heavy atom. The van der Waals surface area contributed by atoms with Gasteiger partial charge in [0.2, 0.25) is 0 Å². The summed E-state index contributed by atoms with van der Waals surface area (Å²) in [5.41, 5.74) is 1.10. The highest BCUT2D eigenvalue weighted by Gasteiger charge is 2.15. The fraction of sp³-hybridized carbons (Fsp3) is 0.636. The van der Waals surface area contributed by atoms with E-state index in [2.05, 4.69) is 24.5 Å². The molecule has 0 aliphatic heterocycles. The van der Waals surface area contributed by atoms with Gasteiger partial charge in [-0.15, -0.1) is 0 Å². The number of rotatable bonds is 33. The second-order valence-electron chi connectivity index (χ2n) is 14.0. The van der Waals surface area contributed by atoms with Crippen LogP contribution in [0.5, 0.6) is 0 Å². The molecule has 0 saturated heterocycles. The molecule has 0 unspecified atom stereocenters. The third-order valence-corrected chi connectivity index (χ3v) is 11.7. The van der Waals surface area contributed by atoms with Crippen molar-refractivity contribution in [2.45, 2.75) is 165 Å². The van der Waals surface area contributed by atoms with E-state index in [9.17, 15) is 19.2 Å². The van der Waals surface area contributed by atoms with Crippen molar-refractivity contribution in [1.29, 1.82) is 0 Å². The van der Waals surface area contributed by atoms with Gasteiger partial charge in [0.1, 0.15) is 0 Å². The minimum Gasteiger partial charge on any atom is -0.466 e. The van der Waals surface area contributed by atoms with Crippen molar-refractivity contribution in [2.24, 2.45) is 0 Å². The molecule has 0 saturated carbocycles. The maximum atomic E-state index is 13.1. The quantitative estimate of drug-likeness (QED) is 0.0418. The topological polar surface area (TPSA) is 111 Å². The number of ether oxygens (including phenoxy) is 2. The monoisotopic (exact) mass is 784 g/mol. The van der Waals surface area contributed by atoms with Gasteiger partial charge in [-0.1, -0.05) is 162 Å². The van der Waals surface area contributed by atoms with Crippen molar-refractivity contribution in [3.8, 4) is 0 Å². The molecule has 0 aliphatic rings. The molecule has 10 heteroatoms. The molecule has 2 N–H and O–H groups in total.